The molecule has 2 aliphatic rings. The third kappa shape index (κ3) is 11.4. The second kappa shape index (κ2) is 25.0. The summed E-state index contributed by atoms with van der Waals surface area (Å²) in [6.45, 7) is 3.06. The van der Waals surface area contributed by atoms with Gasteiger partial charge >= 0.3 is 0 Å². The standard InChI is InChI=1S/C67H68N4O3S2/c1-69(74-2)65(73)64-61(53-39-38-51-24-21-22-25-52(51)48-53)49-60-40-41-62(64)71(60)44-23-43-70(45-47-76-67(57-32-15-6-16-33-57,58-34-17-7-18-35-58)59-36-19-8-20-37-59)50-63(72)68-42-46-75-66(54-26-9-3-10-27-54,55-28-11-4-12-29-55)56-30-13-5-14-31-56/h3-22,24-39,48,60,62H,23,40-47,49-50H2,1-2H3,(H,68,72). The number of likely N-dealkylation sites (N-methyl/N-ethyl adjacent to an activating group) is 1. The Bertz CT molecular complexity index is 2990. The molecule has 0 aromatic heterocycles. The van der Waals surface area contributed by atoms with Gasteiger partial charge in [-0.15, -0.1) is 23.5 Å². The van der Waals surface area contributed by atoms with E-state index in [1.54, 1.807) is 14.2 Å². The van der Waals surface area contributed by atoms with Gasteiger partial charge in [0.05, 0.1) is 23.1 Å². The topological polar surface area (TPSA) is 65.1 Å². The summed E-state index contributed by atoms with van der Waals surface area (Å²) < 4.78 is -0.943. The molecule has 2 atom stereocenters. The van der Waals surface area contributed by atoms with Crippen LogP contribution in [-0.4, -0.2) is 97.1 Å². The van der Waals surface area contributed by atoms with E-state index in [-0.39, 0.29) is 24.4 Å². The number of hydrogen-bond acceptors (Lipinski definition) is 7. The van der Waals surface area contributed by atoms with Crippen LogP contribution in [0, 0.1) is 0 Å². The van der Waals surface area contributed by atoms with Crippen molar-refractivity contribution in [2.45, 2.75) is 47.3 Å². The molecule has 8 aromatic carbocycles. The van der Waals surface area contributed by atoms with E-state index in [0.29, 0.717) is 24.9 Å². The van der Waals surface area contributed by atoms with Gasteiger partial charge in [0.25, 0.3) is 5.91 Å². The first kappa shape index (κ1) is 52.7. The summed E-state index contributed by atoms with van der Waals surface area (Å²) in [6, 6.07) is 80.1. The molecule has 0 saturated carbocycles. The number of amides is 2. The SMILES string of the molecule is CON(C)C(=O)C1=C(c2ccc3ccccc3c2)CC2CCC1N2CCCN(CCSC(c1ccccc1)(c1ccccc1)c1ccccc1)CC(=O)NCCSC(c1ccccc1)(c1ccccc1)c1ccccc1. The predicted molar refractivity (Wildman–Crippen MR) is 316 cm³/mol. The highest BCUT2D eigenvalue weighted by Crippen LogP contribution is 2.50. The maximum Gasteiger partial charge on any atom is 0.274 e. The normalized spacial score (nSPS) is 15.8. The van der Waals surface area contributed by atoms with Crippen molar-refractivity contribution < 1.29 is 14.4 Å². The number of carbonyl (C=O) groups is 2. The fraction of sp³-hybridized carbons (Fsp3) is 0.254. The summed E-state index contributed by atoms with van der Waals surface area (Å²) in [7, 11) is 3.28. The molecule has 8 aromatic rings. The second-order valence-corrected chi connectivity index (χ2v) is 22.5. The molecule has 2 aliphatic heterocycles. The monoisotopic (exact) mass is 1040 g/mol. The average Bonchev–Trinajstić information content (AvgIpc) is 3.77. The Morgan fingerprint density at radius 1 is 0.579 bits per heavy atom. The van der Waals surface area contributed by atoms with Gasteiger partial charge in [-0.3, -0.25) is 24.2 Å². The number of nitrogens with one attached hydrogen (secondary N) is 1. The number of nitrogens with zero attached hydrogens (tertiary/aromatic N) is 3. The van der Waals surface area contributed by atoms with Crippen LogP contribution in [0.4, 0.5) is 0 Å². The van der Waals surface area contributed by atoms with E-state index in [2.05, 4.69) is 240 Å². The van der Waals surface area contributed by atoms with E-state index in [1.807, 2.05) is 23.5 Å². The van der Waals surface area contributed by atoms with Crippen molar-refractivity contribution in [1.82, 2.24) is 20.2 Å². The first-order chi connectivity index (χ1) is 37.4. The number of hydroxylamine groups is 2. The molecule has 1 fully saturated rings. The van der Waals surface area contributed by atoms with Crippen molar-refractivity contribution >= 4 is 51.7 Å². The first-order valence-electron chi connectivity index (χ1n) is 26.8. The molecule has 7 nitrogen and oxygen atoms in total. The number of benzene rings is 8. The van der Waals surface area contributed by atoms with E-state index in [1.165, 1.54) is 49.2 Å². The van der Waals surface area contributed by atoms with E-state index < -0.39 is 9.49 Å². The second-order valence-electron chi connectivity index (χ2n) is 19.9. The maximum absolute atomic E-state index is 14.4. The molecule has 1 N–H and O–H groups in total. The summed E-state index contributed by atoms with van der Waals surface area (Å²) in [5, 5.41) is 7.12. The van der Waals surface area contributed by atoms with Crippen LogP contribution in [0.25, 0.3) is 16.3 Å². The molecule has 2 bridgehead atoms. The number of carbonyl (C=O) groups excluding carboxylic acids is 2. The Labute approximate surface area is 458 Å². The summed E-state index contributed by atoms with van der Waals surface area (Å²) in [6.07, 6.45) is 3.59. The molecular weight excluding hydrogens is 973 g/mol. The summed E-state index contributed by atoms with van der Waals surface area (Å²) >= 11 is 3.80. The van der Waals surface area contributed by atoms with Crippen LogP contribution in [-0.2, 0) is 23.9 Å². The van der Waals surface area contributed by atoms with E-state index in [4.69, 9.17) is 4.84 Å². The van der Waals surface area contributed by atoms with Gasteiger partial charge in [-0.25, -0.2) is 5.06 Å². The van der Waals surface area contributed by atoms with Crippen molar-refractivity contribution in [3.05, 3.63) is 269 Å². The number of fused-ring (bicyclic) bond motifs is 3. The Morgan fingerprint density at radius 2 is 1.04 bits per heavy atom. The Kier molecular flexibility index (Phi) is 17.3. The minimum Gasteiger partial charge on any atom is -0.354 e. The van der Waals surface area contributed by atoms with E-state index >= 15 is 0 Å². The van der Waals surface area contributed by atoms with Crippen LogP contribution < -0.4 is 5.32 Å². The van der Waals surface area contributed by atoms with Crippen LogP contribution >= 0.6 is 23.5 Å². The van der Waals surface area contributed by atoms with Crippen molar-refractivity contribution in [1.29, 1.82) is 0 Å². The lowest BCUT2D eigenvalue weighted by molar-refractivity contribution is -0.164. The van der Waals surface area contributed by atoms with Crippen LogP contribution in [0.15, 0.2) is 230 Å². The molecule has 0 radical (unpaired) electrons. The molecule has 76 heavy (non-hydrogen) atoms. The molecule has 0 aliphatic carbocycles. The molecule has 2 unspecified atom stereocenters. The van der Waals surface area contributed by atoms with Crippen molar-refractivity contribution in [3.8, 4) is 0 Å². The van der Waals surface area contributed by atoms with E-state index in [0.717, 1.165) is 61.2 Å². The van der Waals surface area contributed by atoms with Crippen LogP contribution in [0.3, 0.4) is 0 Å². The van der Waals surface area contributed by atoms with Gasteiger partial charge in [0.15, 0.2) is 0 Å². The molecule has 9 heteroatoms. The lowest BCUT2D eigenvalue weighted by Gasteiger charge is -2.39. The molecular formula is C67H68N4O3S2. The largest absolute Gasteiger partial charge is 0.354 e. The lowest BCUT2D eigenvalue weighted by atomic mass is 9.84. The Hall–Kier alpha value is -6.72. The highest BCUT2D eigenvalue weighted by Gasteiger charge is 2.45. The van der Waals surface area contributed by atoms with Gasteiger partial charge in [-0.2, -0.15) is 0 Å². The average molecular weight is 1040 g/mol. The first-order valence-corrected chi connectivity index (χ1v) is 28.8. The lowest BCUT2D eigenvalue weighted by Crippen LogP contribution is -2.46. The maximum atomic E-state index is 14.4. The number of hydrogen-bond donors (Lipinski definition) is 1. The zero-order valence-electron chi connectivity index (χ0n) is 43.7. The van der Waals surface area contributed by atoms with Crippen molar-refractivity contribution in [3.63, 3.8) is 0 Å². The van der Waals surface area contributed by atoms with Crippen LogP contribution in [0.2, 0.25) is 0 Å². The number of thioether (sulfide) groups is 2. The highest BCUT2D eigenvalue weighted by atomic mass is 32.2. The van der Waals surface area contributed by atoms with Crippen molar-refractivity contribution in [2.75, 3.05) is 58.4 Å². The molecule has 2 amide bonds. The van der Waals surface area contributed by atoms with E-state index in [9.17, 15) is 9.59 Å². The molecule has 1 saturated heterocycles. The molecule has 10 rings (SSSR count). The van der Waals surface area contributed by atoms with Gasteiger partial charge in [0.1, 0.15) is 0 Å². The van der Waals surface area contributed by atoms with Gasteiger partial charge in [-0.1, -0.05) is 218 Å². The fourth-order valence-electron chi connectivity index (χ4n) is 11.8. The third-order valence-corrected chi connectivity index (χ3v) is 18.5. The minimum atomic E-state index is -0.474. The van der Waals surface area contributed by atoms with Gasteiger partial charge in [-0.05, 0) is 93.6 Å². The zero-order valence-corrected chi connectivity index (χ0v) is 45.3. The molecule has 386 valence electrons. The molecule has 0 spiro atoms. The highest BCUT2D eigenvalue weighted by molar-refractivity contribution is 8.00. The van der Waals surface area contributed by atoms with Crippen LogP contribution in [0.5, 0.6) is 0 Å². The van der Waals surface area contributed by atoms with Gasteiger partial charge in [0.2, 0.25) is 5.91 Å². The van der Waals surface area contributed by atoms with Gasteiger partial charge in [0, 0.05) is 55.8 Å². The van der Waals surface area contributed by atoms with Crippen LogP contribution in [0.1, 0.15) is 64.6 Å². The Balaban J connectivity index is 0.894. The summed E-state index contributed by atoms with van der Waals surface area (Å²) in [5.74, 6) is 1.43. The third-order valence-electron chi connectivity index (χ3n) is 15.4. The quantitative estimate of drug-likeness (QED) is 0.0389. The Morgan fingerprint density at radius 3 is 1.53 bits per heavy atom. The molecule has 2 heterocycles. The fourth-order valence-corrected chi connectivity index (χ4v) is 14.8. The minimum absolute atomic E-state index is 0.0202. The van der Waals surface area contributed by atoms with Crippen molar-refractivity contribution in [2.24, 2.45) is 0 Å². The smallest absolute Gasteiger partial charge is 0.274 e. The zero-order chi connectivity index (χ0) is 52.2. The van der Waals surface area contributed by atoms with Gasteiger partial charge < -0.3 is 5.32 Å². The summed E-state index contributed by atoms with van der Waals surface area (Å²) in [4.78, 5) is 39.3. The predicted octanol–water partition coefficient (Wildman–Crippen LogP) is 13.1. The summed E-state index contributed by atoms with van der Waals surface area (Å²) in [5.41, 5.74) is 10.4. The number of rotatable bonds is 23.